The second-order valence-corrected chi connectivity index (χ2v) is 6.45. The third kappa shape index (κ3) is 4.08. The Bertz CT molecular complexity index is 855. The summed E-state index contributed by atoms with van der Waals surface area (Å²) < 4.78 is 4.78. The lowest BCUT2D eigenvalue weighted by molar-refractivity contribution is -0.383. The van der Waals surface area contributed by atoms with Crippen molar-refractivity contribution in [3.63, 3.8) is 0 Å². The van der Waals surface area contributed by atoms with Crippen molar-refractivity contribution >= 4 is 40.6 Å². The molecule has 9 nitrogen and oxygen atoms in total. The molecule has 0 aliphatic carbocycles. The van der Waals surface area contributed by atoms with E-state index >= 15 is 0 Å². The number of methoxy groups -OCH3 is 1. The molecule has 3 rings (SSSR count). The summed E-state index contributed by atoms with van der Waals surface area (Å²) in [6, 6.07) is 6.91. The maximum Gasteiger partial charge on any atom is 0.353 e. The molecular formula is C17H18ClN5O4. The number of carbonyl (C=O) groups is 1. The fraction of sp³-hybridized carbons (Fsp3) is 0.353. The third-order valence-corrected chi connectivity index (χ3v) is 4.77. The van der Waals surface area contributed by atoms with Gasteiger partial charge in [-0.2, -0.15) is 0 Å². The molecule has 1 saturated heterocycles. The van der Waals surface area contributed by atoms with Gasteiger partial charge in [0, 0.05) is 13.1 Å². The van der Waals surface area contributed by atoms with Gasteiger partial charge in [0.15, 0.2) is 0 Å². The summed E-state index contributed by atoms with van der Waals surface area (Å²) in [4.78, 5) is 32.8. The predicted octanol–water partition coefficient (Wildman–Crippen LogP) is 3.17. The van der Waals surface area contributed by atoms with Crippen molar-refractivity contribution in [2.45, 2.75) is 12.8 Å². The van der Waals surface area contributed by atoms with E-state index < -0.39 is 4.92 Å². The van der Waals surface area contributed by atoms with Crippen LogP contribution in [0, 0.1) is 16.0 Å². The number of carbonyl (C=O) groups excluding carboxylic acids is 1. The highest BCUT2D eigenvalue weighted by atomic mass is 35.5. The van der Waals surface area contributed by atoms with Crippen LogP contribution < -0.4 is 10.2 Å². The van der Waals surface area contributed by atoms with Crippen LogP contribution in [0.25, 0.3) is 0 Å². The van der Waals surface area contributed by atoms with Crippen molar-refractivity contribution in [3.05, 3.63) is 45.7 Å². The first-order valence-electron chi connectivity index (χ1n) is 8.35. The Labute approximate surface area is 160 Å². The van der Waals surface area contributed by atoms with Crippen molar-refractivity contribution in [1.82, 2.24) is 9.97 Å². The zero-order valence-corrected chi connectivity index (χ0v) is 15.3. The molecule has 1 aromatic carbocycles. The Kier molecular flexibility index (Phi) is 5.70. The van der Waals surface area contributed by atoms with Gasteiger partial charge in [0.25, 0.3) is 0 Å². The number of ether oxygens (including phenoxy) is 1. The van der Waals surface area contributed by atoms with Gasteiger partial charge in [-0.3, -0.25) is 14.9 Å². The van der Waals surface area contributed by atoms with E-state index in [1.807, 2.05) is 0 Å². The number of esters is 1. The summed E-state index contributed by atoms with van der Waals surface area (Å²) in [6.07, 6.45) is 2.36. The van der Waals surface area contributed by atoms with Crippen LogP contribution in [0.2, 0.25) is 5.02 Å². The molecule has 1 N–H and O–H groups in total. The number of hydrogen-bond acceptors (Lipinski definition) is 8. The molecule has 0 bridgehead atoms. The first-order valence-corrected chi connectivity index (χ1v) is 8.72. The fourth-order valence-electron chi connectivity index (χ4n) is 3.04. The summed E-state index contributed by atoms with van der Waals surface area (Å²) in [6.45, 7) is 0.923. The molecule has 0 atom stereocenters. The molecule has 0 unspecified atom stereocenters. The number of hydrogen-bond donors (Lipinski definition) is 1. The topological polar surface area (TPSA) is 110 Å². The van der Waals surface area contributed by atoms with E-state index in [2.05, 4.69) is 15.3 Å². The molecule has 142 valence electrons. The van der Waals surface area contributed by atoms with E-state index in [1.54, 1.807) is 29.2 Å². The predicted molar refractivity (Wildman–Crippen MR) is 100 cm³/mol. The smallest absolute Gasteiger partial charge is 0.353 e. The summed E-state index contributed by atoms with van der Waals surface area (Å²) in [5.74, 6) is -0.179. The minimum atomic E-state index is -0.513. The quantitative estimate of drug-likeness (QED) is 0.470. The van der Waals surface area contributed by atoms with Crippen LogP contribution in [-0.2, 0) is 9.53 Å². The van der Waals surface area contributed by atoms with Crippen LogP contribution in [0.3, 0.4) is 0 Å². The van der Waals surface area contributed by atoms with Crippen molar-refractivity contribution < 1.29 is 14.5 Å². The number of nitrogens with zero attached hydrogens (tertiary/aromatic N) is 4. The van der Waals surface area contributed by atoms with E-state index in [0.29, 0.717) is 36.6 Å². The number of halogens is 1. The summed E-state index contributed by atoms with van der Waals surface area (Å²) in [5, 5.41) is 15.1. The molecule has 0 radical (unpaired) electrons. The molecule has 1 fully saturated rings. The first kappa shape index (κ1) is 18.8. The minimum Gasteiger partial charge on any atom is -0.469 e. The minimum absolute atomic E-state index is 0.0631. The van der Waals surface area contributed by atoms with Gasteiger partial charge < -0.3 is 15.0 Å². The van der Waals surface area contributed by atoms with Crippen LogP contribution in [-0.4, -0.2) is 41.1 Å². The second-order valence-electron chi connectivity index (χ2n) is 6.04. The monoisotopic (exact) mass is 391 g/mol. The van der Waals surface area contributed by atoms with Crippen molar-refractivity contribution in [3.8, 4) is 0 Å². The van der Waals surface area contributed by atoms with Crippen molar-refractivity contribution in [1.29, 1.82) is 0 Å². The molecule has 2 aromatic rings. The highest BCUT2D eigenvalue weighted by Crippen LogP contribution is 2.36. The maximum atomic E-state index is 11.7. The Morgan fingerprint density at radius 3 is 2.67 bits per heavy atom. The van der Waals surface area contributed by atoms with Gasteiger partial charge in [-0.05, 0) is 25.0 Å². The van der Waals surface area contributed by atoms with Gasteiger partial charge in [-0.1, -0.05) is 23.7 Å². The number of nitro groups is 1. The number of piperidine rings is 1. The normalized spacial score (nSPS) is 14.7. The van der Waals surface area contributed by atoms with Crippen LogP contribution in [0.1, 0.15) is 12.8 Å². The van der Waals surface area contributed by atoms with E-state index in [4.69, 9.17) is 16.3 Å². The van der Waals surface area contributed by atoms with Crippen LogP contribution in [0.15, 0.2) is 30.6 Å². The van der Waals surface area contributed by atoms with E-state index in [1.165, 1.54) is 13.4 Å². The number of rotatable bonds is 5. The Morgan fingerprint density at radius 1 is 1.33 bits per heavy atom. The Morgan fingerprint density at radius 2 is 2.04 bits per heavy atom. The first-order chi connectivity index (χ1) is 13.0. The van der Waals surface area contributed by atoms with Crippen molar-refractivity contribution in [2.75, 3.05) is 30.4 Å². The lowest BCUT2D eigenvalue weighted by Crippen LogP contribution is -2.37. The number of aromatic nitrogens is 2. The molecular weight excluding hydrogens is 374 g/mol. The molecule has 2 heterocycles. The van der Waals surface area contributed by atoms with Crippen LogP contribution in [0.5, 0.6) is 0 Å². The van der Waals surface area contributed by atoms with Gasteiger partial charge in [0.05, 0.1) is 28.7 Å². The Balaban J connectivity index is 1.88. The molecule has 0 spiro atoms. The van der Waals surface area contributed by atoms with Crippen LogP contribution >= 0.6 is 11.6 Å². The molecule has 1 aliphatic heterocycles. The van der Waals surface area contributed by atoms with Gasteiger partial charge >= 0.3 is 11.7 Å². The standard InChI is InChI=1S/C17H18ClN5O4/c1-27-17(24)11-6-8-22(9-7-11)16-14(23(25)26)15(19-10-20-16)21-13-5-3-2-4-12(13)18/h2-5,10-11H,6-9H2,1H3,(H,19,20,21). The largest absolute Gasteiger partial charge is 0.469 e. The number of anilines is 3. The highest BCUT2D eigenvalue weighted by Gasteiger charge is 2.32. The maximum absolute atomic E-state index is 11.7. The van der Waals surface area contributed by atoms with Gasteiger partial charge in [-0.15, -0.1) is 0 Å². The zero-order chi connectivity index (χ0) is 19.4. The number of benzene rings is 1. The summed E-state index contributed by atoms with van der Waals surface area (Å²) in [7, 11) is 1.36. The molecule has 27 heavy (non-hydrogen) atoms. The number of para-hydroxylation sites is 1. The van der Waals surface area contributed by atoms with E-state index in [-0.39, 0.29) is 29.2 Å². The zero-order valence-electron chi connectivity index (χ0n) is 14.6. The molecule has 1 aliphatic rings. The highest BCUT2D eigenvalue weighted by molar-refractivity contribution is 6.33. The average molecular weight is 392 g/mol. The van der Waals surface area contributed by atoms with Crippen molar-refractivity contribution in [2.24, 2.45) is 5.92 Å². The second kappa shape index (κ2) is 8.17. The summed E-state index contributed by atoms with van der Waals surface area (Å²) in [5.41, 5.74) is 0.283. The molecule has 10 heteroatoms. The van der Waals surface area contributed by atoms with E-state index in [0.717, 1.165) is 0 Å². The lowest BCUT2D eigenvalue weighted by atomic mass is 9.97. The van der Waals surface area contributed by atoms with Gasteiger partial charge in [0.2, 0.25) is 11.6 Å². The lowest BCUT2D eigenvalue weighted by Gasteiger charge is -2.31. The Hall–Kier alpha value is -2.94. The fourth-order valence-corrected chi connectivity index (χ4v) is 3.23. The third-order valence-electron chi connectivity index (χ3n) is 4.44. The number of nitrogens with one attached hydrogen (secondary N) is 1. The molecule has 0 saturated carbocycles. The van der Waals surface area contributed by atoms with E-state index in [9.17, 15) is 14.9 Å². The average Bonchev–Trinajstić information content (AvgIpc) is 2.69. The van der Waals surface area contributed by atoms with Gasteiger partial charge in [0.1, 0.15) is 6.33 Å². The molecule has 1 aromatic heterocycles. The summed E-state index contributed by atoms with van der Waals surface area (Å²) >= 11 is 6.12. The van der Waals surface area contributed by atoms with Gasteiger partial charge in [-0.25, -0.2) is 9.97 Å². The SMILES string of the molecule is COC(=O)C1CCN(c2ncnc(Nc3ccccc3Cl)c2[N+](=O)[O-])CC1. The molecule has 0 amide bonds. The van der Waals surface area contributed by atoms with Crippen LogP contribution in [0.4, 0.5) is 23.0 Å².